The van der Waals surface area contributed by atoms with Crippen LogP contribution < -0.4 is 34.5 Å². The zero-order chi connectivity index (χ0) is 51.4. The summed E-state index contributed by atoms with van der Waals surface area (Å²) in [6.07, 6.45) is 11.1. The number of rotatable bonds is 14. The molecule has 19 heteroatoms. The van der Waals surface area contributed by atoms with E-state index in [1.807, 2.05) is 19.1 Å². The Bertz CT molecular complexity index is 3000. The number of anilines is 2. The van der Waals surface area contributed by atoms with Crippen molar-refractivity contribution in [2.75, 3.05) is 62.8 Å². The molecule has 2 aromatic heterocycles. The average Bonchev–Trinajstić information content (AvgIpc) is 4.07. The Kier molecular flexibility index (Phi) is 13.7. The SMILES string of the molecule is CC(C)c1ccccc1[C@H]1CCCN1C1CC2(CCN(c3ccc(C(=O)NS(=O)(=O)c4cc5c(c([N+](=O)[O-])c4)N[C@@H](C4CCC(C)(O)CC4)CO5)c(Oc4cc5cc[nH]c5nc4OC[C@@H]4COCCN4)c3)CC2)C1. The van der Waals surface area contributed by atoms with Gasteiger partial charge in [-0.15, -0.1) is 0 Å². The van der Waals surface area contributed by atoms with Gasteiger partial charge in [0.25, 0.3) is 27.5 Å². The molecule has 1 spiro atoms. The molecule has 0 bridgehead atoms. The fourth-order valence-corrected chi connectivity index (χ4v) is 13.5. The van der Waals surface area contributed by atoms with Gasteiger partial charge in [-0.2, -0.15) is 4.98 Å². The topological polar surface area (TPSA) is 223 Å². The van der Waals surface area contributed by atoms with Gasteiger partial charge in [0.2, 0.25) is 0 Å². The number of likely N-dealkylation sites (tertiary alicyclic amines) is 1. The smallest absolute Gasteiger partial charge is 0.297 e. The maximum atomic E-state index is 14.5. The number of aromatic amines is 1. The third-order valence-corrected chi connectivity index (χ3v) is 18.1. The summed E-state index contributed by atoms with van der Waals surface area (Å²) in [5.74, 6) is -0.00159. The van der Waals surface area contributed by atoms with Gasteiger partial charge in [-0.05, 0) is 130 Å². The Labute approximate surface area is 432 Å². The van der Waals surface area contributed by atoms with E-state index in [2.05, 4.69) is 68.3 Å². The minimum Gasteiger partial charge on any atom is -0.489 e. The van der Waals surface area contributed by atoms with Gasteiger partial charge in [-0.3, -0.25) is 19.8 Å². The third-order valence-electron chi connectivity index (χ3n) is 16.8. The lowest BCUT2D eigenvalue weighted by Crippen LogP contribution is -2.54. The van der Waals surface area contributed by atoms with E-state index in [9.17, 15) is 28.4 Å². The Hall–Kier alpha value is -5.99. The first-order valence-electron chi connectivity index (χ1n) is 26.5. The van der Waals surface area contributed by atoms with Crippen LogP contribution in [0.4, 0.5) is 17.1 Å². The van der Waals surface area contributed by atoms with Crippen LogP contribution in [0.1, 0.15) is 118 Å². The number of benzene rings is 3. The molecule has 18 nitrogen and oxygen atoms in total. The molecule has 11 rings (SSSR count). The van der Waals surface area contributed by atoms with Gasteiger partial charge < -0.3 is 44.6 Å². The van der Waals surface area contributed by atoms with Crippen LogP contribution in [0.5, 0.6) is 23.1 Å². The molecule has 3 atom stereocenters. The lowest BCUT2D eigenvalue weighted by molar-refractivity contribution is -0.384. The fraction of sp³-hybridized carbons (Fsp3) is 0.527. The molecule has 5 N–H and O–H groups in total. The number of piperidine rings is 1. The first-order valence-corrected chi connectivity index (χ1v) is 27.9. The number of fused-ring (bicyclic) bond motifs is 2. The quantitative estimate of drug-likeness (QED) is 0.0519. The number of carbonyl (C=O) groups is 1. The number of hydrogen-bond acceptors (Lipinski definition) is 15. The van der Waals surface area contributed by atoms with E-state index in [0.717, 1.165) is 49.6 Å². The number of morpholine rings is 1. The minimum atomic E-state index is -4.73. The van der Waals surface area contributed by atoms with Crippen molar-refractivity contribution >= 4 is 44.0 Å². The Balaban J connectivity index is 0.843. The molecule has 0 unspecified atom stereocenters. The molecule has 6 aliphatic rings. The Morgan fingerprint density at radius 1 is 1.00 bits per heavy atom. The molecule has 2 aliphatic carbocycles. The molecule has 4 aliphatic heterocycles. The van der Waals surface area contributed by atoms with Crippen LogP contribution in [0.3, 0.4) is 0 Å². The van der Waals surface area contributed by atoms with Gasteiger partial charge in [0, 0.05) is 67.2 Å². The standard InChI is InChI=1S/C55H68N8O10S/c1-34(2)41-7-4-5-8-42(41)45-9-6-21-62(45)39-29-55(30-39)17-22-61(23-18-55)38-10-11-43(47(26-38)73-49-25-36-14-19-57-51(36)59-53(49)72-32-37-31-70-24-20-56-37)52(64)60-74(68,69)40-27-46(63(66)67)50-48(28-40)71-33-44(58-50)35-12-15-54(3,65)16-13-35/h4-5,7-8,10-11,14,19,25-28,34-35,37,39,44-45,56,58,65H,6,9,12-13,15-18,20-24,29-33H2,1-3H3,(H,57,59)(H,60,64)/t35?,37-,44+,45+,54?/m0/s1. The second kappa shape index (κ2) is 20.3. The minimum absolute atomic E-state index is 0.0111. The largest absolute Gasteiger partial charge is 0.489 e. The predicted molar refractivity (Wildman–Crippen MR) is 280 cm³/mol. The summed E-state index contributed by atoms with van der Waals surface area (Å²) in [4.78, 5) is 38.8. The van der Waals surface area contributed by atoms with Crippen LogP contribution in [0.2, 0.25) is 0 Å². The van der Waals surface area contributed by atoms with Crippen molar-refractivity contribution in [2.45, 2.75) is 126 Å². The number of sulfonamides is 1. The summed E-state index contributed by atoms with van der Waals surface area (Å²) in [5.41, 5.74) is 3.29. The van der Waals surface area contributed by atoms with Crippen LogP contribution in [0, 0.1) is 21.4 Å². The van der Waals surface area contributed by atoms with Crippen molar-refractivity contribution in [3.63, 3.8) is 0 Å². The molecule has 5 fully saturated rings. The number of amides is 1. The normalized spacial score (nSPS) is 25.2. The second-order valence-corrected chi connectivity index (χ2v) is 23.8. The Morgan fingerprint density at radius 3 is 2.55 bits per heavy atom. The number of nitro benzene ring substituents is 1. The molecule has 6 heterocycles. The van der Waals surface area contributed by atoms with E-state index in [-0.39, 0.29) is 71.0 Å². The molecule has 1 amide bonds. The van der Waals surface area contributed by atoms with Crippen LogP contribution in [-0.2, 0) is 14.8 Å². The van der Waals surface area contributed by atoms with Crippen LogP contribution in [0.15, 0.2) is 77.8 Å². The lowest BCUT2D eigenvalue weighted by atomic mass is 9.59. The van der Waals surface area contributed by atoms with E-state index in [4.69, 9.17) is 23.9 Å². The molecule has 74 heavy (non-hydrogen) atoms. The first-order chi connectivity index (χ1) is 35.6. The number of carbonyl (C=O) groups excluding carboxylic acids is 1. The highest BCUT2D eigenvalue weighted by atomic mass is 32.2. The van der Waals surface area contributed by atoms with E-state index in [1.54, 1.807) is 24.4 Å². The number of ether oxygens (including phenoxy) is 4. The molecular weight excluding hydrogens is 965 g/mol. The Morgan fingerprint density at radius 2 is 1.80 bits per heavy atom. The summed E-state index contributed by atoms with van der Waals surface area (Å²) in [7, 11) is -4.73. The van der Waals surface area contributed by atoms with E-state index >= 15 is 0 Å². The van der Waals surface area contributed by atoms with Gasteiger partial charge in [-0.25, -0.2) is 13.1 Å². The number of pyridine rings is 1. The van der Waals surface area contributed by atoms with Crippen LogP contribution in [-0.4, -0.2) is 116 Å². The number of aromatic nitrogens is 2. The van der Waals surface area contributed by atoms with Crippen molar-refractivity contribution in [1.29, 1.82) is 0 Å². The number of aliphatic hydroxyl groups is 1. The summed E-state index contributed by atoms with van der Waals surface area (Å²) in [6.45, 7) is 11.2. The summed E-state index contributed by atoms with van der Waals surface area (Å²) in [6, 6.07) is 20.5. The maximum Gasteiger partial charge on any atom is 0.297 e. The van der Waals surface area contributed by atoms with Gasteiger partial charge in [0.05, 0.1) is 46.3 Å². The van der Waals surface area contributed by atoms with Crippen molar-refractivity contribution in [3.05, 3.63) is 99.7 Å². The molecule has 394 valence electrons. The summed E-state index contributed by atoms with van der Waals surface area (Å²) < 4.78 is 55.2. The zero-order valence-electron chi connectivity index (χ0n) is 42.4. The van der Waals surface area contributed by atoms with Gasteiger partial charge in [0.15, 0.2) is 17.2 Å². The molecular formula is C55H68N8O10S. The van der Waals surface area contributed by atoms with Crippen LogP contribution in [0.25, 0.3) is 11.0 Å². The van der Waals surface area contributed by atoms with E-state index < -0.39 is 37.0 Å². The van der Waals surface area contributed by atoms with Crippen molar-refractivity contribution < 1.29 is 42.2 Å². The molecule has 2 saturated carbocycles. The lowest BCUT2D eigenvalue weighted by Gasteiger charge is -2.56. The zero-order valence-corrected chi connectivity index (χ0v) is 43.3. The highest BCUT2D eigenvalue weighted by Crippen LogP contribution is 2.54. The predicted octanol–water partition coefficient (Wildman–Crippen LogP) is 8.57. The van der Waals surface area contributed by atoms with Gasteiger partial charge >= 0.3 is 0 Å². The molecule has 5 aromatic rings. The third kappa shape index (κ3) is 10.2. The van der Waals surface area contributed by atoms with Crippen LogP contribution >= 0.6 is 0 Å². The van der Waals surface area contributed by atoms with Gasteiger partial charge in [-0.1, -0.05) is 38.1 Å². The average molecular weight is 1030 g/mol. The highest BCUT2D eigenvalue weighted by molar-refractivity contribution is 7.90. The van der Waals surface area contributed by atoms with Crippen molar-refractivity contribution in [1.82, 2.24) is 24.9 Å². The van der Waals surface area contributed by atoms with Gasteiger partial charge in [0.1, 0.15) is 24.6 Å². The monoisotopic (exact) mass is 1030 g/mol. The van der Waals surface area contributed by atoms with Crippen molar-refractivity contribution in [2.24, 2.45) is 11.3 Å². The number of nitrogens with one attached hydrogen (secondary N) is 4. The number of H-pyrrole nitrogens is 1. The first kappa shape index (κ1) is 50.2. The van der Waals surface area contributed by atoms with Crippen molar-refractivity contribution in [3.8, 4) is 23.1 Å². The highest BCUT2D eigenvalue weighted by Gasteiger charge is 2.50. The molecule has 3 aromatic carbocycles. The number of nitrogens with zero attached hydrogens (tertiary/aromatic N) is 4. The summed E-state index contributed by atoms with van der Waals surface area (Å²) >= 11 is 0. The van der Waals surface area contributed by atoms with E-state index in [1.165, 1.54) is 42.9 Å². The molecule has 0 radical (unpaired) electrons. The number of hydrogen-bond donors (Lipinski definition) is 5. The second-order valence-electron chi connectivity index (χ2n) is 22.2. The molecule has 3 saturated heterocycles. The van der Waals surface area contributed by atoms with E-state index in [0.29, 0.717) is 69.1 Å². The number of nitro groups is 1. The summed E-state index contributed by atoms with van der Waals surface area (Å²) in [5, 5.41) is 30.4. The fourth-order valence-electron chi connectivity index (χ4n) is 12.5. The maximum absolute atomic E-state index is 14.5.